The first kappa shape index (κ1) is 12.5. The van der Waals surface area contributed by atoms with Gasteiger partial charge in [0.05, 0.1) is 6.61 Å². The van der Waals surface area contributed by atoms with Crippen molar-refractivity contribution in [3.63, 3.8) is 0 Å². The summed E-state index contributed by atoms with van der Waals surface area (Å²) in [5.41, 5.74) is 6.69. The third kappa shape index (κ3) is 3.90. The number of nitrogens with two attached hydrogens (primary N) is 1. The van der Waals surface area contributed by atoms with E-state index in [4.69, 9.17) is 15.2 Å². The van der Waals surface area contributed by atoms with Gasteiger partial charge in [0.25, 0.3) is 0 Å². The van der Waals surface area contributed by atoms with E-state index in [0.717, 1.165) is 5.56 Å². The van der Waals surface area contributed by atoms with Gasteiger partial charge in [0.2, 0.25) is 0 Å². The SMILES string of the molecule is CCOC(=O)C(N)COc1cccc(C)c1. The van der Waals surface area contributed by atoms with Crippen LogP contribution in [-0.2, 0) is 9.53 Å². The number of hydrogen-bond donors (Lipinski definition) is 1. The maximum atomic E-state index is 11.2. The number of benzene rings is 1. The molecule has 1 atom stereocenters. The summed E-state index contributed by atoms with van der Waals surface area (Å²) in [4.78, 5) is 11.2. The normalized spacial score (nSPS) is 11.9. The lowest BCUT2D eigenvalue weighted by Crippen LogP contribution is -2.37. The van der Waals surface area contributed by atoms with Crippen LogP contribution in [-0.4, -0.2) is 25.2 Å². The first-order valence-electron chi connectivity index (χ1n) is 5.25. The van der Waals surface area contributed by atoms with Gasteiger partial charge in [-0.2, -0.15) is 0 Å². The molecule has 1 unspecified atom stereocenters. The smallest absolute Gasteiger partial charge is 0.326 e. The molecule has 0 aliphatic heterocycles. The van der Waals surface area contributed by atoms with Crippen LogP contribution in [0, 0.1) is 6.92 Å². The highest BCUT2D eigenvalue weighted by molar-refractivity contribution is 5.75. The molecule has 0 radical (unpaired) electrons. The number of rotatable bonds is 5. The van der Waals surface area contributed by atoms with Crippen molar-refractivity contribution in [3.05, 3.63) is 29.8 Å². The van der Waals surface area contributed by atoms with Crippen molar-refractivity contribution < 1.29 is 14.3 Å². The van der Waals surface area contributed by atoms with Crippen LogP contribution < -0.4 is 10.5 Å². The van der Waals surface area contributed by atoms with Crippen molar-refractivity contribution in [2.24, 2.45) is 5.73 Å². The summed E-state index contributed by atoms with van der Waals surface area (Å²) < 4.78 is 10.2. The molecule has 0 amide bonds. The zero-order valence-corrected chi connectivity index (χ0v) is 9.60. The van der Waals surface area contributed by atoms with Gasteiger partial charge in [-0.25, -0.2) is 0 Å². The van der Waals surface area contributed by atoms with Crippen molar-refractivity contribution >= 4 is 5.97 Å². The third-order valence-electron chi connectivity index (χ3n) is 2.01. The van der Waals surface area contributed by atoms with Crippen LogP contribution in [0.3, 0.4) is 0 Å². The molecule has 0 aliphatic rings. The maximum absolute atomic E-state index is 11.2. The quantitative estimate of drug-likeness (QED) is 0.763. The van der Waals surface area contributed by atoms with Crippen LogP contribution in [0.1, 0.15) is 12.5 Å². The fourth-order valence-electron chi connectivity index (χ4n) is 1.21. The molecule has 0 bridgehead atoms. The van der Waals surface area contributed by atoms with Gasteiger partial charge < -0.3 is 15.2 Å². The number of carbonyl (C=O) groups excluding carboxylic acids is 1. The molecule has 16 heavy (non-hydrogen) atoms. The lowest BCUT2D eigenvalue weighted by atomic mass is 10.2. The average Bonchev–Trinajstić information content (AvgIpc) is 2.26. The van der Waals surface area contributed by atoms with E-state index >= 15 is 0 Å². The molecule has 1 aromatic carbocycles. The molecule has 0 aromatic heterocycles. The molecule has 0 saturated heterocycles. The largest absolute Gasteiger partial charge is 0.491 e. The zero-order valence-electron chi connectivity index (χ0n) is 9.60. The molecule has 0 heterocycles. The van der Waals surface area contributed by atoms with Crippen molar-refractivity contribution in [1.29, 1.82) is 0 Å². The highest BCUT2D eigenvalue weighted by Gasteiger charge is 2.14. The number of aryl methyl sites for hydroxylation is 1. The van der Waals surface area contributed by atoms with E-state index in [-0.39, 0.29) is 6.61 Å². The van der Waals surface area contributed by atoms with Crippen LogP contribution in [0.5, 0.6) is 5.75 Å². The van der Waals surface area contributed by atoms with Gasteiger partial charge in [0.1, 0.15) is 18.4 Å². The number of carbonyl (C=O) groups is 1. The molecule has 0 saturated carbocycles. The number of hydrogen-bond acceptors (Lipinski definition) is 4. The minimum atomic E-state index is -0.736. The van der Waals surface area contributed by atoms with E-state index in [0.29, 0.717) is 12.4 Å². The van der Waals surface area contributed by atoms with Crippen LogP contribution in [0.25, 0.3) is 0 Å². The van der Waals surface area contributed by atoms with Crippen LogP contribution in [0.4, 0.5) is 0 Å². The summed E-state index contributed by atoms with van der Waals surface area (Å²) in [7, 11) is 0. The van der Waals surface area contributed by atoms with Crippen molar-refractivity contribution in [2.45, 2.75) is 19.9 Å². The number of esters is 1. The van der Waals surface area contributed by atoms with Gasteiger partial charge in [0, 0.05) is 0 Å². The molecule has 4 heteroatoms. The Bertz CT molecular complexity index is 352. The van der Waals surface area contributed by atoms with Gasteiger partial charge in [-0.15, -0.1) is 0 Å². The summed E-state index contributed by atoms with van der Waals surface area (Å²) in [6, 6.07) is 6.84. The Morgan fingerprint density at radius 1 is 1.50 bits per heavy atom. The Hall–Kier alpha value is -1.55. The number of ether oxygens (including phenoxy) is 2. The maximum Gasteiger partial charge on any atom is 0.326 e. The fraction of sp³-hybridized carbons (Fsp3) is 0.417. The third-order valence-corrected chi connectivity index (χ3v) is 2.01. The fourth-order valence-corrected chi connectivity index (χ4v) is 1.21. The van der Waals surface area contributed by atoms with E-state index in [1.54, 1.807) is 6.92 Å². The summed E-state index contributed by atoms with van der Waals surface area (Å²) >= 11 is 0. The van der Waals surface area contributed by atoms with E-state index in [1.165, 1.54) is 0 Å². The van der Waals surface area contributed by atoms with Gasteiger partial charge in [-0.3, -0.25) is 4.79 Å². The van der Waals surface area contributed by atoms with Gasteiger partial charge in [0.15, 0.2) is 0 Å². The van der Waals surface area contributed by atoms with E-state index in [9.17, 15) is 4.79 Å². The topological polar surface area (TPSA) is 61.5 Å². The van der Waals surface area contributed by atoms with Crippen molar-refractivity contribution in [1.82, 2.24) is 0 Å². The van der Waals surface area contributed by atoms with Crippen LogP contribution >= 0.6 is 0 Å². The summed E-state index contributed by atoms with van der Waals surface area (Å²) in [6.07, 6.45) is 0. The van der Waals surface area contributed by atoms with E-state index < -0.39 is 12.0 Å². The molecular formula is C12H17NO3. The van der Waals surface area contributed by atoms with E-state index in [2.05, 4.69) is 0 Å². The molecule has 1 rings (SSSR count). The Balaban J connectivity index is 2.42. The Morgan fingerprint density at radius 3 is 2.88 bits per heavy atom. The lowest BCUT2D eigenvalue weighted by molar-refractivity contribution is -0.145. The predicted molar refractivity (Wildman–Crippen MR) is 61.3 cm³/mol. The second kappa shape index (κ2) is 6.12. The highest BCUT2D eigenvalue weighted by Crippen LogP contribution is 2.12. The Kier molecular flexibility index (Phi) is 4.79. The second-order valence-corrected chi connectivity index (χ2v) is 3.49. The summed E-state index contributed by atoms with van der Waals surface area (Å²) in [5, 5.41) is 0. The first-order chi connectivity index (χ1) is 7.63. The zero-order chi connectivity index (χ0) is 12.0. The molecule has 1 aromatic rings. The minimum Gasteiger partial charge on any atom is -0.491 e. The molecule has 4 nitrogen and oxygen atoms in total. The van der Waals surface area contributed by atoms with Crippen molar-refractivity contribution in [2.75, 3.05) is 13.2 Å². The first-order valence-corrected chi connectivity index (χ1v) is 5.25. The molecule has 2 N–H and O–H groups in total. The molecule has 0 spiro atoms. The van der Waals surface area contributed by atoms with Crippen molar-refractivity contribution in [3.8, 4) is 5.75 Å². The second-order valence-electron chi connectivity index (χ2n) is 3.49. The molecule has 0 aliphatic carbocycles. The molecular weight excluding hydrogens is 206 g/mol. The molecule has 88 valence electrons. The van der Waals surface area contributed by atoms with Crippen LogP contribution in [0.15, 0.2) is 24.3 Å². The van der Waals surface area contributed by atoms with Gasteiger partial charge >= 0.3 is 5.97 Å². The van der Waals surface area contributed by atoms with Gasteiger partial charge in [-0.05, 0) is 31.5 Å². The minimum absolute atomic E-state index is 0.127. The monoisotopic (exact) mass is 223 g/mol. The highest BCUT2D eigenvalue weighted by atomic mass is 16.5. The Morgan fingerprint density at radius 2 is 2.25 bits per heavy atom. The predicted octanol–water partition coefficient (Wildman–Crippen LogP) is 1.26. The Labute approximate surface area is 95.3 Å². The van der Waals surface area contributed by atoms with Gasteiger partial charge in [-0.1, -0.05) is 12.1 Å². The lowest BCUT2D eigenvalue weighted by Gasteiger charge is -2.12. The molecule has 0 fully saturated rings. The van der Waals surface area contributed by atoms with Crippen LogP contribution in [0.2, 0.25) is 0 Å². The standard InChI is InChI=1S/C12H17NO3/c1-3-15-12(14)11(13)8-16-10-6-4-5-9(2)7-10/h4-7,11H,3,8,13H2,1-2H3. The summed E-state index contributed by atoms with van der Waals surface area (Å²) in [5.74, 6) is 0.273. The summed E-state index contributed by atoms with van der Waals surface area (Å²) in [6.45, 7) is 4.17. The van der Waals surface area contributed by atoms with E-state index in [1.807, 2.05) is 31.2 Å². The average molecular weight is 223 g/mol.